The van der Waals surface area contributed by atoms with Crippen LogP contribution in [0.25, 0.3) is 0 Å². The number of nitrogens with zero attached hydrogens (tertiary/aromatic N) is 1. The first-order valence-electron chi connectivity index (χ1n) is 6.56. The second-order valence-electron chi connectivity index (χ2n) is 5.85. The number of carbonyl (C=O) groups excluding carboxylic acids is 1. The van der Waals surface area contributed by atoms with E-state index in [9.17, 15) is 14.7 Å². The first kappa shape index (κ1) is 16.6. The van der Waals surface area contributed by atoms with Gasteiger partial charge in [-0.05, 0) is 17.9 Å². The number of aryl methyl sites for hydroxylation is 1. The number of hydrogen-bond acceptors (Lipinski definition) is 2. The van der Waals surface area contributed by atoms with E-state index in [1.54, 1.807) is 37.6 Å². The third-order valence-corrected chi connectivity index (χ3v) is 3.16. The van der Waals surface area contributed by atoms with Crippen molar-refractivity contribution in [2.45, 2.75) is 46.7 Å². The largest absolute Gasteiger partial charge is 0.480 e. The molecule has 6 heteroatoms. The van der Waals surface area contributed by atoms with E-state index in [-0.39, 0.29) is 0 Å². The fraction of sp³-hybridized carbons (Fsp3) is 0.571. The minimum atomic E-state index is -1.05. The maximum Gasteiger partial charge on any atom is 0.326 e. The number of halogens is 1. The summed E-state index contributed by atoms with van der Waals surface area (Å²) in [5.74, 6) is -1.47. The van der Waals surface area contributed by atoms with Crippen molar-refractivity contribution in [1.82, 2.24) is 9.88 Å². The molecule has 0 saturated heterocycles. The van der Waals surface area contributed by atoms with Gasteiger partial charge in [-0.1, -0.05) is 39.3 Å². The predicted molar refractivity (Wildman–Crippen MR) is 78.1 cm³/mol. The molecule has 0 bridgehead atoms. The lowest BCUT2D eigenvalue weighted by Crippen LogP contribution is -2.49. The van der Waals surface area contributed by atoms with Crippen LogP contribution in [-0.4, -0.2) is 27.6 Å². The molecule has 112 valence electrons. The van der Waals surface area contributed by atoms with Gasteiger partial charge in [-0.2, -0.15) is 0 Å². The Kier molecular flexibility index (Phi) is 5.22. The molecule has 1 aromatic heterocycles. The van der Waals surface area contributed by atoms with Crippen LogP contribution in [0.5, 0.6) is 0 Å². The summed E-state index contributed by atoms with van der Waals surface area (Å²) < 4.78 is 1.74. The Hall–Kier alpha value is -1.49. The Morgan fingerprint density at radius 1 is 1.45 bits per heavy atom. The molecule has 0 radical (unpaired) electrons. The van der Waals surface area contributed by atoms with Crippen LogP contribution in [-0.2, 0) is 11.3 Å². The second kappa shape index (κ2) is 6.31. The van der Waals surface area contributed by atoms with Gasteiger partial charge in [0.1, 0.15) is 11.7 Å². The van der Waals surface area contributed by atoms with Crippen molar-refractivity contribution >= 4 is 23.5 Å². The van der Waals surface area contributed by atoms with Crippen molar-refractivity contribution in [3.8, 4) is 0 Å². The SMILES string of the molecule is CCCn1cc(Cl)cc1C(=O)NC(C(=O)O)C(C)(C)C. The van der Waals surface area contributed by atoms with E-state index in [1.807, 2.05) is 6.92 Å². The molecule has 20 heavy (non-hydrogen) atoms. The average Bonchev–Trinajstić information content (AvgIpc) is 2.65. The molecule has 0 saturated carbocycles. The highest BCUT2D eigenvalue weighted by molar-refractivity contribution is 6.31. The molecule has 0 aliphatic carbocycles. The summed E-state index contributed by atoms with van der Waals surface area (Å²) in [4.78, 5) is 23.5. The highest BCUT2D eigenvalue weighted by Gasteiger charge is 2.33. The summed E-state index contributed by atoms with van der Waals surface area (Å²) in [7, 11) is 0. The molecule has 1 unspecified atom stereocenters. The molecule has 1 rings (SSSR count). The average molecular weight is 301 g/mol. The molecule has 1 amide bonds. The van der Waals surface area contributed by atoms with E-state index in [0.717, 1.165) is 6.42 Å². The van der Waals surface area contributed by atoms with Crippen LogP contribution in [0.15, 0.2) is 12.3 Å². The van der Waals surface area contributed by atoms with Crippen LogP contribution in [0.4, 0.5) is 0 Å². The number of nitrogens with one attached hydrogen (secondary N) is 1. The minimum absolute atomic E-state index is 0.382. The first-order chi connectivity index (χ1) is 9.16. The fourth-order valence-electron chi connectivity index (χ4n) is 1.94. The lowest BCUT2D eigenvalue weighted by atomic mass is 9.86. The molecule has 1 aromatic rings. The monoisotopic (exact) mass is 300 g/mol. The fourth-order valence-corrected chi connectivity index (χ4v) is 2.17. The van der Waals surface area contributed by atoms with Crippen molar-refractivity contribution in [2.75, 3.05) is 0 Å². The van der Waals surface area contributed by atoms with Gasteiger partial charge < -0.3 is 15.0 Å². The van der Waals surface area contributed by atoms with Gasteiger partial charge in [-0.25, -0.2) is 4.79 Å². The van der Waals surface area contributed by atoms with Crippen LogP contribution in [0.3, 0.4) is 0 Å². The second-order valence-corrected chi connectivity index (χ2v) is 6.28. The van der Waals surface area contributed by atoms with Gasteiger partial charge in [0.2, 0.25) is 0 Å². The number of aliphatic carboxylic acids is 1. The smallest absolute Gasteiger partial charge is 0.326 e. The van der Waals surface area contributed by atoms with Crippen molar-refractivity contribution in [3.63, 3.8) is 0 Å². The quantitative estimate of drug-likeness (QED) is 0.878. The summed E-state index contributed by atoms with van der Waals surface area (Å²) >= 11 is 5.92. The van der Waals surface area contributed by atoms with E-state index < -0.39 is 23.3 Å². The summed E-state index contributed by atoms with van der Waals surface area (Å²) in [5.41, 5.74) is -0.194. The lowest BCUT2D eigenvalue weighted by molar-refractivity contribution is -0.142. The van der Waals surface area contributed by atoms with Crippen LogP contribution in [0.1, 0.15) is 44.6 Å². The number of hydrogen-bond donors (Lipinski definition) is 2. The van der Waals surface area contributed by atoms with Crippen molar-refractivity contribution in [2.24, 2.45) is 5.41 Å². The molecule has 0 aromatic carbocycles. The molecule has 1 atom stereocenters. The minimum Gasteiger partial charge on any atom is -0.480 e. The van der Waals surface area contributed by atoms with Gasteiger partial charge in [0, 0.05) is 12.7 Å². The third kappa shape index (κ3) is 4.00. The molecule has 0 spiro atoms. The van der Waals surface area contributed by atoms with E-state index in [2.05, 4.69) is 5.32 Å². The normalized spacial score (nSPS) is 13.1. The van der Waals surface area contributed by atoms with Gasteiger partial charge >= 0.3 is 5.97 Å². The number of carboxylic acids is 1. The van der Waals surface area contributed by atoms with Crippen molar-refractivity contribution in [3.05, 3.63) is 23.0 Å². The molecule has 0 fully saturated rings. The van der Waals surface area contributed by atoms with Crippen LogP contribution < -0.4 is 5.32 Å². The highest BCUT2D eigenvalue weighted by atomic mass is 35.5. The van der Waals surface area contributed by atoms with Gasteiger partial charge in [0.25, 0.3) is 5.91 Å². The van der Waals surface area contributed by atoms with Crippen molar-refractivity contribution < 1.29 is 14.7 Å². The molecule has 0 aliphatic heterocycles. The highest BCUT2D eigenvalue weighted by Crippen LogP contribution is 2.21. The van der Waals surface area contributed by atoms with E-state index >= 15 is 0 Å². The summed E-state index contributed by atoms with van der Waals surface area (Å²) in [6.07, 6.45) is 2.53. The van der Waals surface area contributed by atoms with E-state index in [1.165, 1.54) is 0 Å². The maximum atomic E-state index is 12.3. The van der Waals surface area contributed by atoms with Gasteiger partial charge in [-0.3, -0.25) is 4.79 Å². The first-order valence-corrected chi connectivity index (χ1v) is 6.94. The topological polar surface area (TPSA) is 71.3 Å². The molecule has 1 heterocycles. The predicted octanol–water partition coefficient (Wildman–Crippen LogP) is 2.78. The standard InChI is InChI=1S/C14H21ClN2O3/c1-5-6-17-8-9(15)7-10(17)12(18)16-11(13(19)20)14(2,3)4/h7-8,11H,5-6H2,1-4H3,(H,16,18)(H,19,20). The number of carboxylic acid groups (broad SMARTS) is 1. The third-order valence-electron chi connectivity index (χ3n) is 2.95. The lowest BCUT2D eigenvalue weighted by Gasteiger charge is -2.27. The Morgan fingerprint density at radius 2 is 2.05 bits per heavy atom. The maximum absolute atomic E-state index is 12.3. The van der Waals surface area contributed by atoms with Gasteiger partial charge in [-0.15, -0.1) is 0 Å². The molecular weight excluding hydrogens is 280 g/mol. The number of amides is 1. The number of rotatable bonds is 5. The zero-order valence-corrected chi connectivity index (χ0v) is 13.0. The molecular formula is C14H21ClN2O3. The Labute approximate surface area is 123 Å². The van der Waals surface area contributed by atoms with Gasteiger partial charge in [0.15, 0.2) is 0 Å². The van der Waals surface area contributed by atoms with Crippen LogP contribution in [0, 0.1) is 5.41 Å². The van der Waals surface area contributed by atoms with Crippen LogP contribution >= 0.6 is 11.6 Å². The summed E-state index contributed by atoms with van der Waals surface area (Å²) in [5, 5.41) is 12.3. The molecule has 2 N–H and O–H groups in total. The Morgan fingerprint density at radius 3 is 2.50 bits per heavy atom. The number of carbonyl (C=O) groups is 2. The molecule has 5 nitrogen and oxygen atoms in total. The van der Waals surface area contributed by atoms with E-state index in [4.69, 9.17) is 11.6 Å². The van der Waals surface area contributed by atoms with Crippen LogP contribution in [0.2, 0.25) is 5.02 Å². The van der Waals surface area contributed by atoms with E-state index in [0.29, 0.717) is 17.3 Å². The number of aromatic nitrogens is 1. The zero-order valence-electron chi connectivity index (χ0n) is 12.2. The summed E-state index contributed by atoms with van der Waals surface area (Å²) in [6, 6.07) is 0.590. The van der Waals surface area contributed by atoms with Crippen molar-refractivity contribution in [1.29, 1.82) is 0 Å². The Balaban J connectivity index is 2.98. The summed E-state index contributed by atoms with van der Waals surface area (Å²) in [6.45, 7) is 7.95. The molecule has 0 aliphatic rings. The Bertz CT molecular complexity index is 503. The van der Waals surface area contributed by atoms with Gasteiger partial charge in [0.05, 0.1) is 5.02 Å². The zero-order chi connectivity index (χ0) is 15.5.